The second kappa shape index (κ2) is 3.71. The monoisotopic (exact) mass is 246 g/mol. The maximum Gasteiger partial charge on any atom is 0.496 e. The minimum atomic E-state index is -0.286. The van der Waals surface area contributed by atoms with Gasteiger partial charge in [-0.3, -0.25) is 4.99 Å². The molecule has 0 N–H and O–H groups in total. The first-order valence-corrected chi connectivity index (χ1v) is 6.46. The smallest absolute Gasteiger partial charge is 0.399 e. The highest BCUT2D eigenvalue weighted by Crippen LogP contribution is 2.39. The van der Waals surface area contributed by atoms with Crippen molar-refractivity contribution in [1.82, 2.24) is 4.90 Å². The van der Waals surface area contributed by atoms with E-state index < -0.39 is 0 Å². The van der Waals surface area contributed by atoms with E-state index in [-0.39, 0.29) is 18.3 Å². The predicted octanol–water partition coefficient (Wildman–Crippen LogP) is 1.79. The predicted molar refractivity (Wildman–Crippen MR) is 72.3 cm³/mol. The summed E-state index contributed by atoms with van der Waals surface area (Å²) in [6, 6.07) is 0. The van der Waals surface area contributed by atoms with E-state index in [1.54, 1.807) is 0 Å². The van der Waals surface area contributed by atoms with Gasteiger partial charge in [-0.2, -0.15) is 0 Å². The Balaban J connectivity index is 1.82. The van der Waals surface area contributed by atoms with Crippen LogP contribution in [-0.4, -0.2) is 42.1 Å². The van der Waals surface area contributed by atoms with E-state index in [1.165, 1.54) is 0 Å². The van der Waals surface area contributed by atoms with E-state index in [4.69, 9.17) is 9.31 Å². The van der Waals surface area contributed by atoms with Gasteiger partial charge in [0.15, 0.2) is 0 Å². The number of hydrogen-bond acceptors (Lipinski definition) is 4. The summed E-state index contributed by atoms with van der Waals surface area (Å²) in [4.78, 5) is 6.56. The van der Waals surface area contributed by atoms with Crippen molar-refractivity contribution >= 4 is 13.0 Å². The molecule has 3 aliphatic rings. The zero-order valence-corrected chi connectivity index (χ0v) is 11.4. The minimum absolute atomic E-state index is 0.284. The molecule has 4 nitrogen and oxygen atoms in total. The van der Waals surface area contributed by atoms with Crippen molar-refractivity contribution in [3.05, 3.63) is 23.8 Å². The lowest BCUT2D eigenvalue weighted by molar-refractivity contribution is 0.00578. The molecule has 3 aliphatic heterocycles. The van der Waals surface area contributed by atoms with E-state index in [0.717, 1.165) is 24.4 Å². The molecule has 3 rings (SSSR count). The van der Waals surface area contributed by atoms with Crippen LogP contribution in [0.2, 0.25) is 0 Å². The van der Waals surface area contributed by atoms with E-state index in [2.05, 4.69) is 43.8 Å². The Morgan fingerprint density at radius 1 is 1.17 bits per heavy atom. The van der Waals surface area contributed by atoms with Crippen molar-refractivity contribution in [1.29, 1.82) is 0 Å². The average molecular weight is 246 g/mol. The van der Waals surface area contributed by atoms with Gasteiger partial charge in [0.1, 0.15) is 5.84 Å². The number of nitrogens with zero attached hydrogens (tertiary/aromatic N) is 2. The Kier molecular flexibility index (Phi) is 2.47. The molecular formula is C13H19BN2O2. The van der Waals surface area contributed by atoms with E-state index in [0.29, 0.717) is 0 Å². The van der Waals surface area contributed by atoms with Crippen molar-refractivity contribution in [2.75, 3.05) is 13.1 Å². The molecule has 96 valence electrons. The minimum Gasteiger partial charge on any atom is -0.399 e. The van der Waals surface area contributed by atoms with E-state index in [9.17, 15) is 0 Å². The number of rotatable bonds is 1. The standard InChI is InChI=1S/C13H19BN2O2/c1-12(2)13(3,4)18-14(17-12)10-5-6-11-15-7-8-16(11)9-10/h5-6,9H,7-8H2,1-4H3. The molecule has 0 saturated carbocycles. The largest absolute Gasteiger partial charge is 0.496 e. The Hall–Kier alpha value is -1.07. The van der Waals surface area contributed by atoms with Crippen LogP contribution < -0.4 is 0 Å². The summed E-state index contributed by atoms with van der Waals surface area (Å²) in [7, 11) is -0.284. The number of hydrogen-bond donors (Lipinski definition) is 0. The van der Waals surface area contributed by atoms with Crippen LogP contribution in [0.1, 0.15) is 27.7 Å². The van der Waals surface area contributed by atoms with Gasteiger partial charge < -0.3 is 14.2 Å². The van der Waals surface area contributed by atoms with Crippen LogP contribution in [0.4, 0.5) is 0 Å². The van der Waals surface area contributed by atoms with Gasteiger partial charge in [0.25, 0.3) is 0 Å². The molecule has 1 fully saturated rings. The zero-order chi connectivity index (χ0) is 13.0. The van der Waals surface area contributed by atoms with Gasteiger partial charge >= 0.3 is 7.12 Å². The second-order valence-electron chi connectivity index (χ2n) is 5.98. The molecule has 0 atom stereocenters. The summed E-state index contributed by atoms with van der Waals surface area (Å²) in [6.45, 7) is 10.1. The summed E-state index contributed by atoms with van der Waals surface area (Å²) in [5, 5.41) is 0. The summed E-state index contributed by atoms with van der Waals surface area (Å²) in [5.41, 5.74) is 0.492. The third-order valence-electron chi connectivity index (χ3n) is 4.16. The quantitative estimate of drug-likeness (QED) is 0.661. The highest BCUT2D eigenvalue weighted by Gasteiger charge is 2.52. The van der Waals surface area contributed by atoms with Crippen LogP contribution in [0.25, 0.3) is 0 Å². The first kappa shape index (κ1) is 12.0. The van der Waals surface area contributed by atoms with Crippen LogP contribution in [0, 0.1) is 0 Å². The maximum absolute atomic E-state index is 6.04. The molecule has 0 radical (unpaired) electrons. The Morgan fingerprint density at radius 2 is 1.83 bits per heavy atom. The third-order valence-corrected chi connectivity index (χ3v) is 4.16. The number of fused-ring (bicyclic) bond motifs is 1. The van der Waals surface area contributed by atoms with Crippen LogP contribution in [0.15, 0.2) is 28.8 Å². The van der Waals surface area contributed by atoms with Gasteiger partial charge in [0, 0.05) is 12.7 Å². The van der Waals surface area contributed by atoms with Crippen molar-refractivity contribution < 1.29 is 9.31 Å². The van der Waals surface area contributed by atoms with Crippen molar-refractivity contribution in [2.45, 2.75) is 38.9 Å². The molecule has 3 heterocycles. The normalized spacial score (nSPS) is 28.2. The lowest BCUT2D eigenvalue weighted by Crippen LogP contribution is -2.41. The number of amidine groups is 1. The van der Waals surface area contributed by atoms with Crippen LogP contribution in [-0.2, 0) is 9.31 Å². The fourth-order valence-electron chi connectivity index (χ4n) is 2.27. The second-order valence-corrected chi connectivity index (χ2v) is 5.98. The fourth-order valence-corrected chi connectivity index (χ4v) is 2.27. The first-order chi connectivity index (χ1) is 8.39. The summed E-state index contributed by atoms with van der Waals surface area (Å²) >= 11 is 0. The zero-order valence-electron chi connectivity index (χ0n) is 11.4. The van der Waals surface area contributed by atoms with Crippen LogP contribution in [0.5, 0.6) is 0 Å². The van der Waals surface area contributed by atoms with Crippen LogP contribution in [0.3, 0.4) is 0 Å². The van der Waals surface area contributed by atoms with Gasteiger partial charge in [-0.15, -0.1) is 0 Å². The van der Waals surface area contributed by atoms with Crippen LogP contribution >= 0.6 is 0 Å². The van der Waals surface area contributed by atoms with Gasteiger partial charge in [0.05, 0.1) is 17.7 Å². The third kappa shape index (κ3) is 1.73. The van der Waals surface area contributed by atoms with Crippen molar-refractivity contribution in [3.8, 4) is 0 Å². The fraction of sp³-hybridized carbons (Fsp3) is 0.615. The van der Waals surface area contributed by atoms with Gasteiger partial charge in [-0.25, -0.2) is 0 Å². The first-order valence-electron chi connectivity index (χ1n) is 6.46. The Bertz CT molecular complexity index is 450. The molecule has 0 spiro atoms. The van der Waals surface area contributed by atoms with E-state index in [1.807, 2.05) is 12.2 Å². The lowest BCUT2D eigenvalue weighted by Gasteiger charge is -2.32. The molecule has 0 unspecified atom stereocenters. The number of allylic oxidation sites excluding steroid dienone is 2. The Labute approximate surface area is 108 Å². The molecule has 0 aromatic carbocycles. The summed E-state index contributed by atoms with van der Waals surface area (Å²) < 4.78 is 12.1. The molecule has 0 aromatic rings. The Morgan fingerprint density at radius 3 is 2.50 bits per heavy atom. The molecule has 18 heavy (non-hydrogen) atoms. The highest BCUT2D eigenvalue weighted by atomic mass is 16.7. The molecule has 0 aliphatic carbocycles. The summed E-state index contributed by atoms with van der Waals surface area (Å²) in [6.07, 6.45) is 6.17. The maximum atomic E-state index is 6.04. The van der Waals surface area contributed by atoms with E-state index >= 15 is 0 Å². The molecule has 0 aromatic heterocycles. The lowest BCUT2D eigenvalue weighted by atomic mass is 9.77. The average Bonchev–Trinajstić information content (AvgIpc) is 2.80. The number of aliphatic imine (C=N–C) groups is 1. The molecule has 0 amide bonds. The van der Waals surface area contributed by atoms with Crippen molar-refractivity contribution in [2.24, 2.45) is 4.99 Å². The molecule has 5 heteroatoms. The molecule has 0 bridgehead atoms. The molecular weight excluding hydrogens is 227 g/mol. The summed E-state index contributed by atoms with van der Waals surface area (Å²) in [5.74, 6) is 1.04. The SMILES string of the molecule is CC1(C)OB(C2=CN3CCN=C3C=C2)OC1(C)C. The highest BCUT2D eigenvalue weighted by molar-refractivity contribution is 6.55. The van der Waals surface area contributed by atoms with Crippen molar-refractivity contribution in [3.63, 3.8) is 0 Å². The topological polar surface area (TPSA) is 34.1 Å². The van der Waals surface area contributed by atoms with Gasteiger partial charge in [-0.1, -0.05) is 6.08 Å². The molecule has 1 saturated heterocycles. The van der Waals surface area contributed by atoms with Gasteiger partial charge in [0.2, 0.25) is 0 Å². The van der Waals surface area contributed by atoms with Gasteiger partial charge in [-0.05, 0) is 39.2 Å².